The van der Waals surface area contributed by atoms with E-state index in [0.29, 0.717) is 16.9 Å². The Morgan fingerprint density at radius 3 is 2.32 bits per heavy atom. The van der Waals surface area contributed by atoms with Gasteiger partial charge in [0.15, 0.2) is 0 Å². The van der Waals surface area contributed by atoms with Gasteiger partial charge in [0.25, 0.3) is 5.91 Å². The van der Waals surface area contributed by atoms with E-state index in [0.717, 1.165) is 5.69 Å². The number of alkyl halides is 3. The van der Waals surface area contributed by atoms with E-state index in [2.05, 4.69) is 25.1 Å². The summed E-state index contributed by atoms with van der Waals surface area (Å²) >= 11 is 0. The van der Waals surface area contributed by atoms with Gasteiger partial charge in [-0.05, 0) is 39.8 Å². The fourth-order valence-corrected chi connectivity index (χ4v) is 2.51. The molecule has 0 atom stereocenters. The number of hydrogen-bond donors (Lipinski definition) is 1. The molecule has 1 N–H and O–H groups in total. The third-order valence-electron chi connectivity index (χ3n) is 3.78. The number of carbonyl (C=O) groups is 1. The Bertz CT molecular complexity index is 998. The van der Waals surface area contributed by atoms with Crippen LogP contribution < -0.4 is 5.32 Å². The predicted octanol–water partition coefficient (Wildman–Crippen LogP) is 4.27. The van der Waals surface area contributed by atoms with Crippen molar-refractivity contribution in [1.29, 1.82) is 0 Å². The lowest BCUT2D eigenvalue weighted by atomic mass is 10.1. The molecule has 0 radical (unpaired) electrons. The van der Waals surface area contributed by atoms with Gasteiger partial charge in [0.05, 0.1) is 11.2 Å². The Labute approximate surface area is 158 Å². The van der Waals surface area contributed by atoms with E-state index < -0.39 is 12.1 Å². The van der Waals surface area contributed by atoms with E-state index in [-0.39, 0.29) is 17.3 Å². The quantitative estimate of drug-likeness (QED) is 0.718. The zero-order valence-corrected chi connectivity index (χ0v) is 15.6. The summed E-state index contributed by atoms with van der Waals surface area (Å²) in [6, 6.07) is 7.60. The van der Waals surface area contributed by atoms with Crippen LogP contribution in [0.1, 0.15) is 42.7 Å². The van der Waals surface area contributed by atoms with Crippen molar-refractivity contribution < 1.29 is 22.5 Å². The topological polar surface area (TPSA) is 85.8 Å². The third-order valence-corrected chi connectivity index (χ3v) is 3.78. The van der Waals surface area contributed by atoms with E-state index >= 15 is 0 Å². The maximum atomic E-state index is 12.6. The number of rotatable bonds is 3. The molecule has 7 nitrogen and oxygen atoms in total. The lowest BCUT2D eigenvalue weighted by Crippen LogP contribution is -2.26. The third kappa shape index (κ3) is 4.05. The zero-order valence-electron chi connectivity index (χ0n) is 15.6. The number of aromatic nitrogens is 4. The van der Waals surface area contributed by atoms with E-state index in [1.54, 1.807) is 10.7 Å². The monoisotopic (exact) mass is 393 g/mol. The van der Waals surface area contributed by atoms with Gasteiger partial charge in [0, 0.05) is 17.2 Å². The molecule has 0 saturated heterocycles. The molecule has 1 aromatic carbocycles. The van der Waals surface area contributed by atoms with Gasteiger partial charge in [-0.25, -0.2) is 4.68 Å². The van der Waals surface area contributed by atoms with Gasteiger partial charge < -0.3 is 9.84 Å². The second kappa shape index (κ2) is 6.77. The second-order valence-electron chi connectivity index (χ2n) is 7.21. The molecule has 0 spiro atoms. The lowest BCUT2D eigenvalue weighted by Gasteiger charge is -2.22. The molecule has 0 saturated carbocycles. The van der Waals surface area contributed by atoms with Crippen molar-refractivity contribution in [3.05, 3.63) is 47.5 Å². The summed E-state index contributed by atoms with van der Waals surface area (Å²) in [5.74, 6) is -1.45. The predicted molar refractivity (Wildman–Crippen MR) is 94.6 cm³/mol. The number of nitrogens with one attached hydrogen (secondary N) is 1. The average molecular weight is 393 g/mol. The van der Waals surface area contributed by atoms with Crippen LogP contribution in [0.25, 0.3) is 11.4 Å². The largest absolute Gasteiger partial charge is 0.471 e. The van der Waals surface area contributed by atoms with Gasteiger partial charge in [-0.3, -0.25) is 4.79 Å². The fraction of sp³-hybridized carbons (Fsp3) is 0.333. The molecular weight excluding hydrogens is 375 g/mol. The highest BCUT2D eigenvalue weighted by atomic mass is 19.4. The molecular formula is C18H18F3N5O2. The van der Waals surface area contributed by atoms with Crippen molar-refractivity contribution in [2.75, 3.05) is 5.32 Å². The molecule has 28 heavy (non-hydrogen) atoms. The summed E-state index contributed by atoms with van der Waals surface area (Å²) in [4.78, 5) is 15.9. The first-order valence-electron chi connectivity index (χ1n) is 8.35. The summed E-state index contributed by atoms with van der Waals surface area (Å²) in [5, 5.41) is 10.5. The zero-order chi connectivity index (χ0) is 20.7. The number of hydrogen-bond acceptors (Lipinski definition) is 5. The van der Waals surface area contributed by atoms with Crippen LogP contribution in [0.5, 0.6) is 0 Å². The number of amides is 1. The summed E-state index contributed by atoms with van der Waals surface area (Å²) in [5.41, 5.74) is 1.06. The number of benzene rings is 1. The molecule has 0 aliphatic rings. The standard InChI is InChI=1S/C18H18F3N5O2/c1-10-9-13(26(24-10)17(2,3)4)22-15(27)12-7-5-11(6-8-12)14-23-16(28-25-14)18(19,20)21/h5-9H,1-4H3,(H,22,27). The summed E-state index contributed by atoms with van der Waals surface area (Å²) in [6.07, 6.45) is -4.71. The van der Waals surface area contributed by atoms with Crippen molar-refractivity contribution in [1.82, 2.24) is 19.9 Å². The number of halogens is 3. The van der Waals surface area contributed by atoms with Crippen LogP contribution in [0.3, 0.4) is 0 Å². The molecule has 148 valence electrons. The van der Waals surface area contributed by atoms with Crippen LogP contribution in [0.15, 0.2) is 34.9 Å². The molecule has 0 aliphatic heterocycles. The van der Waals surface area contributed by atoms with Crippen molar-refractivity contribution >= 4 is 11.7 Å². The minimum absolute atomic E-state index is 0.208. The van der Waals surface area contributed by atoms with Crippen molar-refractivity contribution in [2.45, 2.75) is 39.4 Å². The molecule has 10 heteroatoms. The first-order valence-corrected chi connectivity index (χ1v) is 8.35. The van der Waals surface area contributed by atoms with E-state index in [1.165, 1.54) is 24.3 Å². The van der Waals surface area contributed by atoms with Crippen LogP contribution in [-0.4, -0.2) is 25.8 Å². The Balaban J connectivity index is 1.79. The Kier molecular flexibility index (Phi) is 4.74. The number of anilines is 1. The van der Waals surface area contributed by atoms with Gasteiger partial charge in [0.2, 0.25) is 5.82 Å². The van der Waals surface area contributed by atoms with E-state index in [4.69, 9.17) is 0 Å². The highest BCUT2D eigenvalue weighted by Crippen LogP contribution is 2.29. The van der Waals surface area contributed by atoms with Gasteiger partial charge in [-0.15, -0.1) is 0 Å². The average Bonchev–Trinajstić information content (AvgIpc) is 3.21. The minimum atomic E-state index is -4.71. The number of carbonyl (C=O) groups excluding carboxylic acids is 1. The molecule has 0 fully saturated rings. The molecule has 3 aromatic rings. The SMILES string of the molecule is Cc1cc(NC(=O)c2ccc(-c3noc(C(F)(F)F)n3)cc2)n(C(C)(C)C)n1. The second-order valence-corrected chi connectivity index (χ2v) is 7.21. The van der Waals surface area contributed by atoms with E-state index in [9.17, 15) is 18.0 Å². The summed E-state index contributed by atoms with van der Waals surface area (Å²) in [7, 11) is 0. The number of aryl methyl sites for hydroxylation is 1. The molecule has 1 amide bonds. The first-order chi connectivity index (χ1) is 12.9. The Morgan fingerprint density at radius 1 is 1.14 bits per heavy atom. The number of nitrogens with zero attached hydrogens (tertiary/aromatic N) is 4. The summed E-state index contributed by atoms with van der Waals surface area (Å²) in [6.45, 7) is 7.71. The normalized spacial score (nSPS) is 12.2. The van der Waals surface area contributed by atoms with E-state index in [1.807, 2.05) is 27.7 Å². The minimum Gasteiger partial charge on any atom is -0.329 e. The van der Waals surface area contributed by atoms with Gasteiger partial charge in [-0.2, -0.15) is 23.3 Å². The molecule has 2 aromatic heterocycles. The van der Waals surface area contributed by atoms with Crippen LogP contribution >= 0.6 is 0 Å². The van der Waals surface area contributed by atoms with Crippen LogP contribution in [0.4, 0.5) is 19.0 Å². The maximum absolute atomic E-state index is 12.6. The molecule has 0 bridgehead atoms. The fourth-order valence-electron chi connectivity index (χ4n) is 2.51. The van der Waals surface area contributed by atoms with Crippen LogP contribution in [0.2, 0.25) is 0 Å². The highest BCUT2D eigenvalue weighted by Gasteiger charge is 2.38. The Hall–Kier alpha value is -3.17. The van der Waals surface area contributed by atoms with Crippen LogP contribution in [0, 0.1) is 6.92 Å². The van der Waals surface area contributed by atoms with Crippen LogP contribution in [-0.2, 0) is 11.7 Å². The van der Waals surface area contributed by atoms with Gasteiger partial charge in [0.1, 0.15) is 5.82 Å². The molecule has 3 rings (SSSR count). The lowest BCUT2D eigenvalue weighted by molar-refractivity contribution is -0.159. The van der Waals surface area contributed by atoms with Crippen molar-refractivity contribution in [3.63, 3.8) is 0 Å². The Morgan fingerprint density at radius 2 is 1.79 bits per heavy atom. The molecule has 0 aliphatic carbocycles. The van der Waals surface area contributed by atoms with Gasteiger partial charge >= 0.3 is 12.1 Å². The van der Waals surface area contributed by atoms with Gasteiger partial charge in [-0.1, -0.05) is 17.3 Å². The van der Waals surface area contributed by atoms with Crippen molar-refractivity contribution in [3.8, 4) is 11.4 Å². The molecule has 0 unspecified atom stereocenters. The maximum Gasteiger partial charge on any atom is 0.471 e. The highest BCUT2D eigenvalue weighted by molar-refractivity contribution is 6.04. The molecule has 2 heterocycles. The smallest absolute Gasteiger partial charge is 0.329 e. The summed E-state index contributed by atoms with van der Waals surface area (Å²) < 4.78 is 43.6. The first kappa shape index (κ1) is 19.6. The van der Waals surface area contributed by atoms with Crippen molar-refractivity contribution in [2.24, 2.45) is 0 Å².